The van der Waals surface area contributed by atoms with Gasteiger partial charge in [-0.05, 0) is 49.3 Å². The highest BCUT2D eigenvalue weighted by Gasteiger charge is 2.12. The van der Waals surface area contributed by atoms with Crippen LogP contribution < -0.4 is 5.32 Å². The van der Waals surface area contributed by atoms with Crippen molar-refractivity contribution in [1.29, 1.82) is 0 Å². The molecule has 1 unspecified atom stereocenters. The van der Waals surface area contributed by atoms with Crippen molar-refractivity contribution in [2.24, 2.45) is 0 Å². The van der Waals surface area contributed by atoms with Crippen molar-refractivity contribution in [3.05, 3.63) is 47.0 Å². The Hall–Kier alpha value is -1.26. The van der Waals surface area contributed by atoms with E-state index in [0.29, 0.717) is 6.04 Å². The highest BCUT2D eigenvalue weighted by atomic mass is 32.1. The van der Waals surface area contributed by atoms with E-state index in [1.807, 2.05) is 0 Å². The van der Waals surface area contributed by atoms with E-state index >= 15 is 0 Å². The standard InChI is InChI=1S/C15H21N3S/c1-2-11-16-14(15-12-19-18-17-15)10-6-9-13-7-4-3-5-8-13/h3-5,7-8,12,14,16H,2,6,9-11H2,1H3. The maximum atomic E-state index is 4.20. The molecule has 0 bridgehead atoms. The van der Waals surface area contributed by atoms with E-state index < -0.39 is 0 Å². The van der Waals surface area contributed by atoms with Gasteiger partial charge in [0.25, 0.3) is 0 Å². The highest BCUT2D eigenvalue weighted by Crippen LogP contribution is 2.18. The third kappa shape index (κ3) is 4.73. The molecule has 2 aromatic rings. The number of hydrogen-bond acceptors (Lipinski definition) is 4. The summed E-state index contributed by atoms with van der Waals surface area (Å²) in [5, 5.41) is 9.81. The number of aromatic nitrogens is 2. The number of nitrogens with zero attached hydrogens (tertiary/aromatic N) is 2. The van der Waals surface area contributed by atoms with Crippen LogP contribution in [0.15, 0.2) is 35.7 Å². The summed E-state index contributed by atoms with van der Waals surface area (Å²) >= 11 is 1.43. The molecule has 1 atom stereocenters. The van der Waals surface area contributed by atoms with Gasteiger partial charge < -0.3 is 5.32 Å². The second-order valence-corrected chi connectivity index (χ2v) is 5.32. The lowest BCUT2D eigenvalue weighted by Gasteiger charge is -2.15. The first-order chi connectivity index (χ1) is 9.40. The van der Waals surface area contributed by atoms with Crippen LogP contribution in [0.1, 0.15) is 43.5 Å². The minimum absolute atomic E-state index is 0.349. The van der Waals surface area contributed by atoms with Gasteiger partial charge in [-0.15, -0.1) is 5.10 Å². The Kier molecular flexibility index (Phi) is 5.98. The average molecular weight is 275 g/mol. The highest BCUT2D eigenvalue weighted by molar-refractivity contribution is 7.03. The minimum Gasteiger partial charge on any atom is -0.309 e. The molecule has 0 aliphatic rings. The minimum atomic E-state index is 0.349. The van der Waals surface area contributed by atoms with E-state index in [1.54, 1.807) is 0 Å². The fourth-order valence-electron chi connectivity index (χ4n) is 2.15. The van der Waals surface area contributed by atoms with Gasteiger partial charge in [-0.3, -0.25) is 0 Å². The molecule has 0 aliphatic heterocycles. The lowest BCUT2D eigenvalue weighted by Crippen LogP contribution is -2.22. The quantitative estimate of drug-likeness (QED) is 0.800. The predicted octanol–water partition coefficient (Wildman–Crippen LogP) is 3.60. The van der Waals surface area contributed by atoms with Crippen molar-refractivity contribution in [1.82, 2.24) is 14.9 Å². The first kappa shape index (κ1) is 14.2. The Bertz CT molecular complexity index is 442. The Morgan fingerprint density at radius 3 is 2.79 bits per heavy atom. The molecule has 1 heterocycles. The molecule has 3 nitrogen and oxygen atoms in total. The summed E-state index contributed by atoms with van der Waals surface area (Å²) < 4.78 is 3.97. The van der Waals surface area contributed by atoms with Crippen LogP contribution in [0, 0.1) is 0 Å². The number of benzene rings is 1. The molecule has 1 N–H and O–H groups in total. The Balaban J connectivity index is 1.83. The van der Waals surface area contributed by atoms with Crippen molar-refractivity contribution in [3.63, 3.8) is 0 Å². The van der Waals surface area contributed by atoms with Crippen molar-refractivity contribution >= 4 is 11.5 Å². The number of nitrogens with one attached hydrogen (secondary N) is 1. The molecule has 1 aromatic carbocycles. The molecule has 0 saturated heterocycles. The Morgan fingerprint density at radius 2 is 2.11 bits per heavy atom. The van der Waals surface area contributed by atoms with Gasteiger partial charge in [-0.25, -0.2) is 0 Å². The van der Waals surface area contributed by atoms with E-state index in [-0.39, 0.29) is 0 Å². The lowest BCUT2D eigenvalue weighted by molar-refractivity contribution is 0.474. The van der Waals surface area contributed by atoms with E-state index in [2.05, 4.69) is 57.5 Å². The maximum Gasteiger partial charge on any atom is 0.0924 e. The summed E-state index contributed by atoms with van der Waals surface area (Å²) in [6, 6.07) is 11.0. The zero-order valence-electron chi connectivity index (χ0n) is 11.4. The number of aryl methyl sites for hydroxylation is 1. The van der Waals surface area contributed by atoms with E-state index in [0.717, 1.165) is 31.5 Å². The fraction of sp³-hybridized carbons (Fsp3) is 0.467. The second kappa shape index (κ2) is 8.02. The van der Waals surface area contributed by atoms with Crippen LogP contribution in [0.5, 0.6) is 0 Å². The van der Waals surface area contributed by atoms with Crippen LogP contribution in [-0.2, 0) is 6.42 Å². The smallest absolute Gasteiger partial charge is 0.0924 e. The topological polar surface area (TPSA) is 37.8 Å². The van der Waals surface area contributed by atoms with Gasteiger partial charge in [0.05, 0.1) is 11.7 Å². The molecular formula is C15H21N3S. The molecule has 102 valence electrons. The van der Waals surface area contributed by atoms with Crippen LogP contribution in [0.4, 0.5) is 0 Å². The largest absolute Gasteiger partial charge is 0.309 e. The third-order valence-electron chi connectivity index (χ3n) is 3.18. The zero-order valence-corrected chi connectivity index (χ0v) is 12.2. The third-order valence-corrected chi connectivity index (χ3v) is 3.70. The second-order valence-electron chi connectivity index (χ2n) is 4.71. The summed E-state index contributed by atoms with van der Waals surface area (Å²) in [5.74, 6) is 0. The molecule has 0 aliphatic carbocycles. The van der Waals surface area contributed by atoms with Crippen LogP contribution in [0.25, 0.3) is 0 Å². The lowest BCUT2D eigenvalue weighted by atomic mass is 10.0. The summed E-state index contributed by atoms with van der Waals surface area (Å²) in [4.78, 5) is 0. The fourth-order valence-corrected chi connectivity index (χ4v) is 2.66. The zero-order chi connectivity index (χ0) is 13.3. The Morgan fingerprint density at radius 1 is 1.26 bits per heavy atom. The normalized spacial score (nSPS) is 12.5. The van der Waals surface area contributed by atoms with Crippen LogP contribution in [-0.4, -0.2) is 16.1 Å². The summed E-state index contributed by atoms with van der Waals surface area (Å²) in [5.41, 5.74) is 2.50. The summed E-state index contributed by atoms with van der Waals surface area (Å²) in [6.07, 6.45) is 4.55. The van der Waals surface area contributed by atoms with E-state index in [4.69, 9.17) is 0 Å². The van der Waals surface area contributed by atoms with Crippen molar-refractivity contribution < 1.29 is 0 Å². The molecule has 19 heavy (non-hydrogen) atoms. The van der Waals surface area contributed by atoms with E-state index in [9.17, 15) is 0 Å². The van der Waals surface area contributed by atoms with Crippen molar-refractivity contribution in [2.45, 2.75) is 38.6 Å². The Labute approximate surface area is 119 Å². The first-order valence-corrected chi connectivity index (χ1v) is 7.78. The predicted molar refractivity (Wildman–Crippen MR) is 80.3 cm³/mol. The van der Waals surface area contributed by atoms with Crippen molar-refractivity contribution in [3.8, 4) is 0 Å². The number of hydrogen-bond donors (Lipinski definition) is 1. The van der Waals surface area contributed by atoms with Gasteiger partial charge in [0.15, 0.2) is 0 Å². The molecule has 2 rings (SSSR count). The monoisotopic (exact) mass is 275 g/mol. The van der Waals surface area contributed by atoms with Gasteiger partial charge in [0.2, 0.25) is 0 Å². The molecule has 0 spiro atoms. The van der Waals surface area contributed by atoms with Gasteiger partial charge in [0, 0.05) is 5.38 Å². The molecular weight excluding hydrogens is 254 g/mol. The summed E-state index contributed by atoms with van der Waals surface area (Å²) in [6.45, 7) is 3.22. The number of rotatable bonds is 8. The average Bonchev–Trinajstić information content (AvgIpc) is 2.98. The molecule has 0 saturated carbocycles. The molecule has 1 aromatic heterocycles. The van der Waals surface area contributed by atoms with Crippen LogP contribution in [0.2, 0.25) is 0 Å². The molecule has 0 radical (unpaired) electrons. The van der Waals surface area contributed by atoms with Gasteiger partial charge in [0.1, 0.15) is 0 Å². The van der Waals surface area contributed by atoms with Crippen LogP contribution >= 0.6 is 11.5 Å². The van der Waals surface area contributed by atoms with E-state index in [1.165, 1.54) is 23.5 Å². The van der Waals surface area contributed by atoms with Crippen LogP contribution in [0.3, 0.4) is 0 Å². The van der Waals surface area contributed by atoms with Crippen molar-refractivity contribution in [2.75, 3.05) is 6.54 Å². The van der Waals surface area contributed by atoms with Gasteiger partial charge in [-0.1, -0.05) is 41.7 Å². The molecule has 0 amide bonds. The van der Waals surface area contributed by atoms with Gasteiger partial charge in [-0.2, -0.15) is 0 Å². The van der Waals surface area contributed by atoms with Gasteiger partial charge >= 0.3 is 0 Å². The molecule has 0 fully saturated rings. The summed E-state index contributed by atoms with van der Waals surface area (Å²) in [7, 11) is 0. The SMILES string of the molecule is CCCNC(CCCc1ccccc1)c1csnn1. The maximum absolute atomic E-state index is 4.20. The first-order valence-electron chi connectivity index (χ1n) is 6.94. The molecule has 4 heteroatoms.